The van der Waals surface area contributed by atoms with Crippen molar-refractivity contribution in [2.75, 3.05) is 0 Å². The highest BCUT2D eigenvalue weighted by atomic mass is 79.9. The average molecular weight is 306 g/mol. The molecule has 0 radical (unpaired) electrons. The Morgan fingerprint density at radius 2 is 2.12 bits per heavy atom. The minimum atomic E-state index is -3.58. The monoisotopic (exact) mass is 305 g/mol. The summed E-state index contributed by atoms with van der Waals surface area (Å²) in [6.07, 6.45) is 0.151. The Morgan fingerprint density at radius 1 is 1.44 bits per heavy atom. The van der Waals surface area contributed by atoms with Crippen LogP contribution in [0.25, 0.3) is 0 Å². The number of rotatable bonds is 4. The molecule has 0 aromatic heterocycles. The van der Waals surface area contributed by atoms with Crippen LogP contribution in [-0.4, -0.2) is 14.3 Å². The highest BCUT2D eigenvalue weighted by molar-refractivity contribution is 9.10. The van der Waals surface area contributed by atoms with E-state index in [-0.39, 0.29) is 12.2 Å². The molecule has 0 aliphatic carbocycles. The summed E-state index contributed by atoms with van der Waals surface area (Å²) in [6, 6.07) is 6.95. The molecular weight excluding hydrogens is 294 g/mol. The normalized spacial score (nSPS) is 11.1. The third kappa shape index (κ3) is 4.32. The van der Waals surface area contributed by atoms with E-state index < -0.39 is 15.9 Å². The number of benzene rings is 1. The molecule has 6 heteroatoms. The number of halogens is 1. The highest BCUT2D eigenvalue weighted by Gasteiger charge is 2.14. The molecule has 0 aliphatic heterocycles. The maximum atomic E-state index is 11.5. The van der Waals surface area contributed by atoms with Crippen LogP contribution in [0.1, 0.15) is 18.9 Å². The van der Waals surface area contributed by atoms with Crippen LogP contribution in [0.3, 0.4) is 0 Å². The fourth-order valence-corrected chi connectivity index (χ4v) is 2.76. The zero-order chi connectivity index (χ0) is 12.2. The SMILES string of the molecule is CCC(=O)NS(=O)(=O)Cc1cccc(Br)c1. The lowest BCUT2D eigenvalue weighted by atomic mass is 10.2. The first-order valence-electron chi connectivity index (χ1n) is 4.70. The summed E-state index contributed by atoms with van der Waals surface area (Å²) in [6.45, 7) is 1.60. The number of amides is 1. The average Bonchev–Trinajstić information content (AvgIpc) is 2.15. The van der Waals surface area contributed by atoms with E-state index in [1.807, 2.05) is 4.72 Å². The predicted molar refractivity (Wildman–Crippen MR) is 65.2 cm³/mol. The molecule has 1 N–H and O–H groups in total. The van der Waals surface area contributed by atoms with E-state index in [0.29, 0.717) is 5.56 Å². The van der Waals surface area contributed by atoms with E-state index in [4.69, 9.17) is 0 Å². The van der Waals surface area contributed by atoms with Crippen molar-refractivity contribution < 1.29 is 13.2 Å². The van der Waals surface area contributed by atoms with Crippen molar-refractivity contribution >= 4 is 31.9 Å². The van der Waals surface area contributed by atoms with Crippen LogP contribution in [0.2, 0.25) is 0 Å². The summed E-state index contributed by atoms with van der Waals surface area (Å²) in [5.41, 5.74) is 0.630. The molecule has 1 aromatic carbocycles. The smallest absolute Gasteiger partial charge is 0.239 e. The van der Waals surface area contributed by atoms with Gasteiger partial charge in [0.05, 0.1) is 5.75 Å². The lowest BCUT2D eigenvalue weighted by Crippen LogP contribution is -2.30. The van der Waals surface area contributed by atoms with E-state index in [1.54, 1.807) is 31.2 Å². The molecular formula is C10H12BrNO3S. The second-order valence-electron chi connectivity index (χ2n) is 3.27. The summed E-state index contributed by atoms with van der Waals surface area (Å²) in [5, 5.41) is 0. The number of carbonyl (C=O) groups excluding carboxylic acids is 1. The lowest BCUT2D eigenvalue weighted by molar-refractivity contribution is -0.119. The van der Waals surface area contributed by atoms with E-state index in [0.717, 1.165) is 4.47 Å². The van der Waals surface area contributed by atoms with Gasteiger partial charge in [0.2, 0.25) is 15.9 Å². The Bertz CT molecular complexity index is 485. The van der Waals surface area contributed by atoms with Gasteiger partial charge in [0.25, 0.3) is 0 Å². The highest BCUT2D eigenvalue weighted by Crippen LogP contribution is 2.13. The second-order valence-corrected chi connectivity index (χ2v) is 5.91. The van der Waals surface area contributed by atoms with Crippen LogP contribution in [0.15, 0.2) is 28.7 Å². The quantitative estimate of drug-likeness (QED) is 0.922. The molecule has 0 aliphatic rings. The first kappa shape index (κ1) is 13.2. The minimum Gasteiger partial charge on any atom is -0.274 e. The zero-order valence-electron chi connectivity index (χ0n) is 8.73. The molecule has 0 atom stereocenters. The van der Waals surface area contributed by atoms with Crippen molar-refractivity contribution in [3.05, 3.63) is 34.3 Å². The molecule has 0 unspecified atom stereocenters. The van der Waals surface area contributed by atoms with E-state index >= 15 is 0 Å². The maximum absolute atomic E-state index is 11.5. The fraction of sp³-hybridized carbons (Fsp3) is 0.300. The lowest BCUT2D eigenvalue weighted by Gasteiger charge is -2.05. The predicted octanol–water partition coefficient (Wildman–Crippen LogP) is 1.81. The fourth-order valence-electron chi connectivity index (χ4n) is 1.13. The Kier molecular flexibility index (Phi) is 4.49. The number of hydrogen-bond acceptors (Lipinski definition) is 3. The van der Waals surface area contributed by atoms with E-state index in [2.05, 4.69) is 15.9 Å². The number of hydrogen-bond donors (Lipinski definition) is 1. The van der Waals surface area contributed by atoms with Crippen LogP contribution in [-0.2, 0) is 20.6 Å². The van der Waals surface area contributed by atoms with Crippen LogP contribution in [0.4, 0.5) is 0 Å². The Balaban J connectivity index is 2.77. The van der Waals surface area contributed by atoms with Crippen molar-refractivity contribution in [1.29, 1.82) is 0 Å². The van der Waals surface area contributed by atoms with Gasteiger partial charge >= 0.3 is 0 Å². The van der Waals surface area contributed by atoms with Crippen LogP contribution >= 0.6 is 15.9 Å². The molecule has 1 aromatic rings. The standard InChI is InChI=1S/C10H12BrNO3S/c1-2-10(13)12-16(14,15)7-8-4-3-5-9(11)6-8/h3-6H,2,7H2,1H3,(H,12,13). The summed E-state index contributed by atoms with van der Waals surface area (Å²) in [5.74, 6) is -0.687. The molecule has 16 heavy (non-hydrogen) atoms. The molecule has 1 rings (SSSR count). The van der Waals surface area contributed by atoms with Crippen molar-refractivity contribution in [3.63, 3.8) is 0 Å². The van der Waals surface area contributed by atoms with E-state index in [9.17, 15) is 13.2 Å². The van der Waals surface area contributed by atoms with Gasteiger partial charge in [-0.05, 0) is 17.7 Å². The van der Waals surface area contributed by atoms with Gasteiger partial charge in [-0.1, -0.05) is 35.0 Å². The first-order valence-corrected chi connectivity index (χ1v) is 7.15. The Labute approximate surface area is 103 Å². The Hall–Kier alpha value is -0.880. The molecule has 0 spiro atoms. The Morgan fingerprint density at radius 3 is 2.69 bits per heavy atom. The van der Waals surface area contributed by atoms with Gasteiger partial charge < -0.3 is 0 Å². The van der Waals surface area contributed by atoms with Crippen molar-refractivity contribution in [2.24, 2.45) is 0 Å². The van der Waals surface area contributed by atoms with Gasteiger partial charge in [0.15, 0.2) is 0 Å². The topological polar surface area (TPSA) is 63.2 Å². The summed E-state index contributed by atoms with van der Waals surface area (Å²) in [7, 11) is -3.58. The minimum absolute atomic E-state index is 0.151. The van der Waals surface area contributed by atoms with Crippen molar-refractivity contribution in [1.82, 2.24) is 4.72 Å². The van der Waals surface area contributed by atoms with Gasteiger partial charge in [-0.2, -0.15) is 0 Å². The molecule has 1 amide bonds. The molecule has 0 saturated heterocycles. The van der Waals surface area contributed by atoms with Gasteiger partial charge in [-0.15, -0.1) is 0 Å². The third-order valence-electron chi connectivity index (χ3n) is 1.84. The van der Waals surface area contributed by atoms with Crippen LogP contribution in [0.5, 0.6) is 0 Å². The van der Waals surface area contributed by atoms with E-state index in [1.165, 1.54) is 0 Å². The number of carbonyl (C=O) groups is 1. The van der Waals surface area contributed by atoms with Crippen LogP contribution < -0.4 is 4.72 Å². The van der Waals surface area contributed by atoms with Gasteiger partial charge in [0.1, 0.15) is 0 Å². The summed E-state index contributed by atoms with van der Waals surface area (Å²) in [4.78, 5) is 11.0. The summed E-state index contributed by atoms with van der Waals surface area (Å²) >= 11 is 3.25. The van der Waals surface area contributed by atoms with Gasteiger partial charge in [-0.3, -0.25) is 9.52 Å². The van der Waals surface area contributed by atoms with Crippen molar-refractivity contribution in [2.45, 2.75) is 19.1 Å². The largest absolute Gasteiger partial charge is 0.274 e. The second kappa shape index (κ2) is 5.45. The zero-order valence-corrected chi connectivity index (χ0v) is 11.1. The summed E-state index contributed by atoms with van der Waals surface area (Å²) < 4.78 is 25.9. The molecule has 0 bridgehead atoms. The van der Waals surface area contributed by atoms with Gasteiger partial charge in [-0.25, -0.2) is 8.42 Å². The molecule has 0 fully saturated rings. The number of nitrogens with one attached hydrogen (secondary N) is 1. The number of sulfonamides is 1. The third-order valence-corrected chi connectivity index (χ3v) is 3.58. The maximum Gasteiger partial charge on any atom is 0.239 e. The van der Waals surface area contributed by atoms with Gasteiger partial charge in [0, 0.05) is 10.9 Å². The molecule has 0 saturated carbocycles. The molecule has 4 nitrogen and oxygen atoms in total. The molecule has 0 heterocycles. The molecule has 88 valence electrons. The van der Waals surface area contributed by atoms with Crippen molar-refractivity contribution in [3.8, 4) is 0 Å². The van der Waals surface area contributed by atoms with Crippen LogP contribution in [0, 0.1) is 0 Å². The first-order chi connectivity index (χ1) is 7.43.